The van der Waals surface area contributed by atoms with Crippen molar-refractivity contribution in [2.75, 3.05) is 7.05 Å². The van der Waals surface area contributed by atoms with Gasteiger partial charge in [0.2, 0.25) is 0 Å². The van der Waals surface area contributed by atoms with Crippen LogP contribution in [0.15, 0.2) is 36.4 Å². The van der Waals surface area contributed by atoms with E-state index in [1.165, 1.54) is 0 Å². The summed E-state index contributed by atoms with van der Waals surface area (Å²) in [5, 5.41) is 5.66. The van der Waals surface area contributed by atoms with Crippen molar-refractivity contribution in [1.29, 1.82) is 0 Å². The Hall–Kier alpha value is -0.440. The summed E-state index contributed by atoms with van der Waals surface area (Å²) in [6.45, 7) is 0. The van der Waals surface area contributed by atoms with Crippen LogP contribution in [0.1, 0.15) is 17.2 Å². The Morgan fingerprint density at radius 3 is 2.25 bits per heavy atom. The Bertz CT molecular complexity index is 613. The van der Waals surface area contributed by atoms with Gasteiger partial charge in [-0.2, -0.15) is 0 Å². The van der Waals surface area contributed by atoms with Crippen LogP contribution in [-0.2, 0) is 6.42 Å². The molecular weight excluding hydrogens is 336 g/mol. The monoisotopic (exact) mass is 347 g/mol. The third kappa shape index (κ3) is 3.81. The molecule has 1 unspecified atom stereocenters. The van der Waals surface area contributed by atoms with E-state index in [0.717, 1.165) is 17.5 Å². The van der Waals surface area contributed by atoms with Gasteiger partial charge in [-0.15, -0.1) is 0 Å². The first-order chi connectivity index (χ1) is 9.51. The fourth-order valence-electron chi connectivity index (χ4n) is 2.02. The SMILES string of the molecule is CNC(Cc1ccc(Cl)cc1Cl)c1ccc(Cl)c(Cl)c1. The third-order valence-electron chi connectivity index (χ3n) is 3.13. The molecule has 0 aliphatic rings. The van der Waals surface area contributed by atoms with E-state index in [1.807, 2.05) is 31.3 Å². The first-order valence-electron chi connectivity index (χ1n) is 6.07. The van der Waals surface area contributed by atoms with Gasteiger partial charge in [0, 0.05) is 16.1 Å². The van der Waals surface area contributed by atoms with Crippen molar-refractivity contribution in [2.45, 2.75) is 12.5 Å². The maximum atomic E-state index is 6.22. The molecule has 2 rings (SSSR count). The molecule has 0 aliphatic carbocycles. The lowest BCUT2D eigenvalue weighted by Crippen LogP contribution is -2.19. The standard InChI is InChI=1S/C15H13Cl4N/c1-20-15(10-3-5-12(17)14(19)6-10)7-9-2-4-11(16)8-13(9)18/h2-6,8,15,20H,7H2,1H3. The first kappa shape index (κ1) is 15.9. The normalized spacial score (nSPS) is 12.4. The average molecular weight is 349 g/mol. The Morgan fingerprint density at radius 1 is 0.900 bits per heavy atom. The van der Waals surface area contributed by atoms with Crippen molar-refractivity contribution in [3.8, 4) is 0 Å². The maximum absolute atomic E-state index is 6.22. The van der Waals surface area contributed by atoms with E-state index in [1.54, 1.807) is 12.1 Å². The minimum atomic E-state index is 0.100. The lowest BCUT2D eigenvalue weighted by Gasteiger charge is -2.18. The van der Waals surface area contributed by atoms with Crippen molar-refractivity contribution >= 4 is 46.4 Å². The fourth-order valence-corrected chi connectivity index (χ4v) is 2.82. The van der Waals surface area contributed by atoms with Gasteiger partial charge in [0.1, 0.15) is 0 Å². The molecule has 0 bridgehead atoms. The minimum Gasteiger partial charge on any atom is -0.313 e. The van der Waals surface area contributed by atoms with Gasteiger partial charge in [-0.1, -0.05) is 58.5 Å². The number of benzene rings is 2. The van der Waals surface area contributed by atoms with Crippen molar-refractivity contribution in [1.82, 2.24) is 5.32 Å². The summed E-state index contributed by atoms with van der Waals surface area (Å²) < 4.78 is 0. The number of likely N-dealkylation sites (N-methyl/N-ethyl adjacent to an activating group) is 1. The van der Waals surface area contributed by atoms with Crippen LogP contribution in [0.2, 0.25) is 20.1 Å². The van der Waals surface area contributed by atoms with Crippen LogP contribution < -0.4 is 5.32 Å². The summed E-state index contributed by atoms with van der Waals surface area (Å²) in [7, 11) is 1.90. The number of hydrogen-bond acceptors (Lipinski definition) is 1. The van der Waals surface area contributed by atoms with Gasteiger partial charge in [0.15, 0.2) is 0 Å². The molecule has 106 valence electrons. The number of nitrogens with one attached hydrogen (secondary N) is 1. The van der Waals surface area contributed by atoms with Crippen LogP contribution in [0.3, 0.4) is 0 Å². The van der Waals surface area contributed by atoms with Crippen molar-refractivity contribution < 1.29 is 0 Å². The molecule has 0 heterocycles. The van der Waals surface area contributed by atoms with E-state index in [9.17, 15) is 0 Å². The molecule has 0 saturated heterocycles. The Morgan fingerprint density at radius 2 is 1.65 bits per heavy atom. The molecule has 1 atom stereocenters. The van der Waals surface area contributed by atoms with Gasteiger partial charge in [-0.25, -0.2) is 0 Å². The zero-order valence-electron chi connectivity index (χ0n) is 10.8. The van der Waals surface area contributed by atoms with E-state index in [0.29, 0.717) is 20.1 Å². The fraction of sp³-hybridized carbons (Fsp3) is 0.200. The Balaban J connectivity index is 2.26. The summed E-state index contributed by atoms with van der Waals surface area (Å²) in [6, 6.07) is 11.3. The maximum Gasteiger partial charge on any atom is 0.0595 e. The number of halogens is 4. The predicted octanol–water partition coefficient (Wildman–Crippen LogP) is 5.80. The van der Waals surface area contributed by atoms with Gasteiger partial charge in [0.05, 0.1) is 10.0 Å². The molecule has 0 fully saturated rings. The Kier molecular flexibility index (Phi) is 5.59. The zero-order chi connectivity index (χ0) is 14.7. The Labute approximate surface area is 138 Å². The summed E-state index contributed by atoms with van der Waals surface area (Å²) in [6.07, 6.45) is 0.741. The highest BCUT2D eigenvalue weighted by atomic mass is 35.5. The van der Waals surface area contributed by atoms with Crippen molar-refractivity contribution in [3.05, 3.63) is 67.6 Å². The second kappa shape index (κ2) is 7.02. The highest BCUT2D eigenvalue weighted by Gasteiger charge is 2.13. The van der Waals surface area contributed by atoms with E-state index < -0.39 is 0 Å². The lowest BCUT2D eigenvalue weighted by atomic mass is 9.99. The van der Waals surface area contributed by atoms with Crippen LogP contribution in [-0.4, -0.2) is 7.05 Å². The number of rotatable bonds is 4. The van der Waals surface area contributed by atoms with E-state index in [4.69, 9.17) is 46.4 Å². The molecule has 0 saturated carbocycles. The van der Waals surface area contributed by atoms with Crippen LogP contribution in [0.5, 0.6) is 0 Å². The minimum absolute atomic E-state index is 0.100. The quantitative estimate of drug-likeness (QED) is 0.735. The van der Waals surface area contributed by atoms with E-state index >= 15 is 0 Å². The van der Waals surface area contributed by atoms with E-state index in [-0.39, 0.29) is 6.04 Å². The van der Waals surface area contributed by atoms with Crippen LogP contribution in [0.4, 0.5) is 0 Å². The smallest absolute Gasteiger partial charge is 0.0595 e. The molecule has 0 spiro atoms. The highest BCUT2D eigenvalue weighted by Crippen LogP contribution is 2.29. The molecule has 0 aromatic heterocycles. The van der Waals surface area contributed by atoms with Gasteiger partial charge in [-0.05, 0) is 48.9 Å². The summed E-state index contributed by atoms with van der Waals surface area (Å²) >= 11 is 24.1. The second-order valence-electron chi connectivity index (χ2n) is 4.45. The van der Waals surface area contributed by atoms with Crippen molar-refractivity contribution in [2.24, 2.45) is 0 Å². The topological polar surface area (TPSA) is 12.0 Å². The van der Waals surface area contributed by atoms with Gasteiger partial charge >= 0.3 is 0 Å². The van der Waals surface area contributed by atoms with Gasteiger partial charge in [0.25, 0.3) is 0 Å². The molecule has 2 aromatic rings. The average Bonchev–Trinajstić information content (AvgIpc) is 2.41. The molecule has 20 heavy (non-hydrogen) atoms. The van der Waals surface area contributed by atoms with Gasteiger partial charge < -0.3 is 5.32 Å². The molecule has 5 heteroatoms. The van der Waals surface area contributed by atoms with Crippen LogP contribution in [0.25, 0.3) is 0 Å². The second-order valence-corrected chi connectivity index (χ2v) is 6.11. The highest BCUT2D eigenvalue weighted by molar-refractivity contribution is 6.42. The molecule has 0 aliphatic heterocycles. The van der Waals surface area contributed by atoms with Gasteiger partial charge in [-0.3, -0.25) is 0 Å². The van der Waals surface area contributed by atoms with Crippen molar-refractivity contribution in [3.63, 3.8) is 0 Å². The number of hydrogen-bond donors (Lipinski definition) is 1. The zero-order valence-corrected chi connectivity index (χ0v) is 13.8. The molecular formula is C15H13Cl4N. The summed E-state index contributed by atoms with van der Waals surface area (Å²) in [5.41, 5.74) is 2.09. The molecule has 1 N–H and O–H groups in total. The third-order valence-corrected chi connectivity index (χ3v) is 4.46. The molecule has 1 nitrogen and oxygen atoms in total. The summed E-state index contributed by atoms with van der Waals surface area (Å²) in [4.78, 5) is 0. The largest absolute Gasteiger partial charge is 0.313 e. The summed E-state index contributed by atoms with van der Waals surface area (Å²) in [5.74, 6) is 0. The lowest BCUT2D eigenvalue weighted by molar-refractivity contribution is 0.592. The predicted molar refractivity (Wildman–Crippen MR) is 88.4 cm³/mol. The van der Waals surface area contributed by atoms with Crippen LogP contribution in [0, 0.1) is 0 Å². The molecule has 2 aromatic carbocycles. The first-order valence-corrected chi connectivity index (χ1v) is 7.58. The molecule has 0 amide bonds. The van der Waals surface area contributed by atoms with Crippen LogP contribution >= 0.6 is 46.4 Å². The molecule has 0 radical (unpaired) electrons. The van der Waals surface area contributed by atoms with E-state index in [2.05, 4.69) is 5.32 Å².